The third-order valence-electron chi connectivity index (χ3n) is 6.52. The molecule has 4 rings (SSSR count). The maximum Gasteiger partial charge on any atom is 0.345 e. The van der Waals surface area contributed by atoms with Crippen LogP contribution in [-0.4, -0.2) is 77.1 Å². The molecule has 200 valence electrons. The summed E-state index contributed by atoms with van der Waals surface area (Å²) in [6.07, 6.45) is 6.55. The Balaban J connectivity index is 1.45. The monoisotopic (exact) mass is 520 g/mol. The minimum Gasteiger partial charge on any atom is -0.393 e. The quantitative estimate of drug-likeness (QED) is 0.410. The van der Waals surface area contributed by atoms with Gasteiger partial charge in [-0.15, -0.1) is 0 Å². The molecule has 1 aliphatic heterocycles. The number of nitrogens with zero attached hydrogens (tertiary/aromatic N) is 4. The third-order valence-corrected chi connectivity index (χ3v) is 6.52. The van der Waals surface area contributed by atoms with Crippen LogP contribution >= 0.6 is 0 Å². The molecule has 1 saturated carbocycles. The summed E-state index contributed by atoms with van der Waals surface area (Å²) in [5.74, 6) is -0.172. The van der Waals surface area contributed by atoms with Crippen molar-refractivity contribution in [1.82, 2.24) is 20.2 Å². The van der Waals surface area contributed by atoms with Gasteiger partial charge in [0.15, 0.2) is 5.82 Å². The summed E-state index contributed by atoms with van der Waals surface area (Å²) in [6, 6.07) is 5.56. The van der Waals surface area contributed by atoms with Gasteiger partial charge in [0.1, 0.15) is 11.4 Å². The van der Waals surface area contributed by atoms with E-state index in [0.717, 1.165) is 12.8 Å². The lowest BCUT2D eigenvalue weighted by atomic mass is 9.88. The van der Waals surface area contributed by atoms with Gasteiger partial charge < -0.3 is 20.5 Å². The number of anilines is 2. The van der Waals surface area contributed by atoms with Crippen molar-refractivity contribution >= 4 is 29.6 Å². The van der Waals surface area contributed by atoms with Gasteiger partial charge in [0.05, 0.1) is 12.7 Å². The summed E-state index contributed by atoms with van der Waals surface area (Å²) in [6.45, 7) is -1.34. The SMILES string of the molecule is O=C(N[C@H]1CCN(CCOC(F)F)C1)c1cnc(Nc2ccc(F)cc2)nc1N=CC1CCC(O)CC1. The van der Waals surface area contributed by atoms with Crippen molar-refractivity contribution in [2.75, 3.05) is 31.6 Å². The van der Waals surface area contributed by atoms with Crippen molar-refractivity contribution in [2.24, 2.45) is 10.9 Å². The first kappa shape index (κ1) is 27.0. The lowest BCUT2D eigenvalue weighted by Gasteiger charge is -2.22. The molecule has 0 unspecified atom stereocenters. The second kappa shape index (κ2) is 12.9. The molecule has 1 aromatic carbocycles. The molecule has 2 fully saturated rings. The molecular formula is C25H31F3N6O3. The van der Waals surface area contributed by atoms with Crippen LogP contribution in [0.15, 0.2) is 35.5 Å². The third kappa shape index (κ3) is 8.20. The lowest BCUT2D eigenvalue weighted by molar-refractivity contribution is -0.131. The number of halogens is 3. The zero-order chi connectivity index (χ0) is 26.2. The summed E-state index contributed by atoms with van der Waals surface area (Å²) < 4.78 is 41.9. The number of ether oxygens (including phenoxy) is 1. The highest BCUT2D eigenvalue weighted by atomic mass is 19.3. The molecule has 1 atom stereocenters. The van der Waals surface area contributed by atoms with E-state index in [9.17, 15) is 23.1 Å². The van der Waals surface area contributed by atoms with Gasteiger partial charge in [0.2, 0.25) is 5.95 Å². The van der Waals surface area contributed by atoms with Gasteiger partial charge in [-0.25, -0.2) is 14.4 Å². The Morgan fingerprint density at radius 2 is 1.97 bits per heavy atom. The molecule has 2 heterocycles. The first-order chi connectivity index (χ1) is 17.9. The molecule has 1 amide bonds. The van der Waals surface area contributed by atoms with Crippen molar-refractivity contribution in [3.8, 4) is 0 Å². The van der Waals surface area contributed by atoms with Crippen LogP contribution in [0.3, 0.4) is 0 Å². The van der Waals surface area contributed by atoms with Crippen molar-refractivity contribution < 1.29 is 27.8 Å². The first-order valence-electron chi connectivity index (χ1n) is 12.4. The van der Waals surface area contributed by atoms with Gasteiger partial charge in [-0.3, -0.25) is 9.69 Å². The number of likely N-dealkylation sites (tertiary alicyclic amines) is 1. The number of benzene rings is 1. The number of carbonyl (C=O) groups is 1. The standard InChI is InChI=1S/C25H31F3N6O3/c26-17-3-5-18(6-4-17)32-25-30-14-21(22(33-25)29-13-16-1-7-20(35)8-2-16)23(36)31-19-9-10-34(15-19)11-12-37-24(27)28/h3-6,13-14,16,19-20,24,35H,1-2,7-12,15H2,(H,31,36)(H,30,32,33)/t16?,19-,20?/m0/s1. The van der Waals surface area contributed by atoms with E-state index in [4.69, 9.17) is 0 Å². The van der Waals surface area contributed by atoms with Crippen molar-refractivity contribution in [3.63, 3.8) is 0 Å². The Hall–Kier alpha value is -3.09. The second-order valence-corrected chi connectivity index (χ2v) is 9.30. The molecular weight excluding hydrogens is 489 g/mol. The van der Waals surface area contributed by atoms with E-state index < -0.39 is 6.61 Å². The van der Waals surface area contributed by atoms with Crippen LogP contribution in [0.4, 0.5) is 30.6 Å². The zero-order valence-electron chi connectivity index (χ0n) is 20.3. The molecule has 1 aromatic heterocycles. The molecule has 37 heavy (non-hydrogen) atoms. The van der Waals surface area contributed by atoms with E-state index in [-0.39, 0.29) is 53.7 Å². The highest BCUT2D eigenvalue weighted by Crippen LogP contribution is 2.25. The maximum atomic E-state index is 13.2. The minimum atomic E-state index is -2.80. The van der Waals surface area contributed by atoms with Crippen LogP contribution in [-0.2, 0) is 4.74 Å². The molecule has 1 saturated heterocycles. The van der Waals surface area contributed by atoms with Crippen LogP contribution in [0.5, 0.6) is 0 Å². The van der Waals surface area contributed by atoms with Crippen LogP contribution in [0.2, 0.25) is 0 Å². The Morgan fingerprint density at radius 3 is 2.70 bits per heavy atom. The average molecular weight is 521 g/mol. The van der Waals surface area contributed by atoms with Gasteiger partial charge in [0.25, 0.3) is 5.91 Å². The number of hydrogen-bond acceptors (Lipinski definition) is 8. The molecule has 2 aliphatic rings. The molecule has 2 aromatic rings. The van der Waals surface area contributed by atoms with Gasteiger partial charge in [-0.1, -0.05) is 0 Å². The number of hydrogen-bond donors (Lipinski definition) is 3. The highest BCUT2D eigenvalue weighted by molar-refractivity contribution is 5.98. The fraction of sp³-hybridized carbons (Fsp3) is 0.520. The van der Waals surface area contributed by atoms with E-state index in [0.29, 0.717) is 44.6 Å². The predicted molar refractivity (Wildman–Crippen MR) is 132 cm³/mol. The van der Waals surface area contributed by atoms with E-state index in [1.54, 1.807) is 18.3 Å². The van der Waals surface area contributed by atoms with Crippen molar-refractivity contribution in [1.29, 1.82) is 0 Å². The number of aliphatic hydroxyl groups is 1. The molecule has 0 bridgehead atoms. The summed E-state index contributed by atoms with van der Waals surface area (Å²) in [7, 11) is 0. The van der Waals surface area contributed by atoms with Gasteiger partial charge >= 0.3 is 6.61 Å². The Morgan fingerprint density at radius 1 is 1.22 bits per heavy atom. The van der Waals surface area contributed by atoms with Gasteiger partial charge in [0, 0.05) is 43.8 Å². The lowest BCUT2D eigenvalue weighted by Crippen LogP contribution is -2.37. The normalized spacial score (nSPS) is 22.6. The molecule has 0 spiro atoms. The van der Waals surface area contributed by atoms with Gasteiger partial charge in [-0.2, -0.15) is 13.8 Å². The summed E-state index contributed by atoms with van der Waals surface area (Å²) in [5, 5.41) is 15.7. The average Bonchev–Trinajstić information content (AvgIpc) is 3.32. The smallest absolute Gasteiger partial charge is 0.345 e. The number of alkyl halides is 2. The minimum absolute atomic E-state index is 0.0776. The van der Waals surface area contributed by atoms with Crippen LogP contribution in [0, 0.1) is 11.7 Å². The number of rotatable bonds is 10. The number of nitrogens with one attached hydrogen (secondary N) is 2. The summed E-state index contributed by atoms with van der Waals surface area (Å²) >= 11 is 0. The van der Waals surface area contributed by atoms with E-state index >= 15 is 0 Å². The fourth-order valence-electron chi connectivity index (χ4n) is 4.47. The Labute approximate surface area is 213 Å². The van der Waals surface area contributed by atoms with Crippen molar-refractivity contribution in [2.45, 2.75) is 50.9 Å². The number of amides is 1. The Kier molecular flexibility index (Phi) is 9.42. The van der Waals surface area contributed by atoms with Crippen LogP contribution < -0.4 is 10.6 Å². The molecule has 12 heteroatoms. The number of carbonyl (C=O) groups excluding carboxylic acids is 1. The summed E-state index contributed by atoms with van der Waals surface area (Å²) in [5.41, 5.74) is 0.785. The van der Waals surface area contributed by atoms with Crippen LogP contribution in [0.25, 0.3) is 0 Å². The topological polar surface area (TPSA) is 112 Å². The Bertz CT molecular complexity index is 1060. The van der Waals surface area contributed by atoms with E-state index in [1.807, 2.05) is 4.90 Å². The number of aliphatic hydroxyl groups excluding tert-OH is 1. The second-order valence-electron chi connectivity index (χ2n) is 9.30. The zero-order valence-corrected chi connectivity index (χ0v) is 20.3. The fourth-order valence-corrected chi connectivity index (χ4v) is 4.47. The number of aromatic nitrogens is 2. The predicted octanol–water partition coefficient (Wildman–Crippen LogP) is 3.66. The van der Waals surface area contributed by atoms with E-state index in [1.165, 1.54) is 18.3 Å². The first-order valence-corrected chi connectivity index (χ1v) is 12.4. The maximum absolute atomic E-state index is 13.2. The largest absolute Gasteiger partial charge is 0.393 e. The van der Waals surface area contributed by atoms with Crippen LogP contribution in [0.1, 0.15) is 42.5 Å². The van der Waals surface area contributed by atoms with E-state index in [2.05, 4.69) is 30.3 Å². The molecule has 1 aliphatic carbocycles. The van der Waals surface area contributed by atoms with Crippen molar-refractivity contribution in [3.05, 3.63) is 41.8 Å². The highest BCUT2D eigenvalue weighted by Gasteiger charge is 2.26. The molecule has 3 N–H and O–H groups in total. The number of aliphatic imine (C=N–C) groups is 1. The molecule has 0 radical (unpaired) electrons. The summed E-state index contributed by atoms with van der Waals surface area (Å²) in [4.78, 5) is 28.3. The van der Waals surface area contributed by atoms with Gasteiger partial charge in [-0.05, 0) is 62.3 Å². The molecule has 9 nitrogen and oxygen atoms in total.